The van der Waals surface area contributed by atoms with Gasteiger partial charge in [-0.2, -0.15) is 0 Å². The Hall–Kier alpha value is -1.72. The Morgan fingerprint density at radius 2 is 1.83 bits per heavy atom. The van der Waals surface area contributed by atoms with Crippen LogP contribution in [-0.4, -0.2) is 26.0 Å². The highest BCUT2D eigenvalue weighted by molar-refractivity contribution is 5.33. The molecule has 0 unspecified atom stereocenters. The van der Waals surface area contributed by atoms with Crippen LogP contribution in [0.15, 0.2) is 30.3 Å². The smallest absolute Gasteiger partial charge is 0.163 e. The zero-order valence-corrected chi connectivity index (χ0v) is 10.6. The quantitative estimate of drug-likeness (QED) is 0.873. The van der Waals surface area contributed by atoms with Crippen LogP contribution in [0.3, 0.4) is 0 Å². The average Bonchev–Trinajstić information content (AvgIpc) is 2.80. The molecule has 0 aliphatic rings. The molecule has 0 atom stereocenters. The molecule has 2 aromatic rings. The maximum atomic E-state index is 9.31. The maximum absolute atomic E-state index is 9.31. The van der Waals surface area contributed by atoms with Gasteiger partial charge in [0.1, 0.15) is 13.2 Å². The Kier molecular flexibility index (Phi) is 4.07. The first-order valence-electron chi connectivity index (χ1n) is 5.93. The Morgan fingerprint density at radius 3 is 2.44 bits per heavy atom. The van der Waals surface area contributed by atoms with Crippen molar-refractivity contribution in [1.82, 2.24) is 14.8 Å². The highest BCUT2D eigenvalue weighted by atomic mass is 16.5. The number of aliphatic hydroxyl groups excluding tert-OH is 1. The van der Waals surface area contributed by atoms with Crippen molar-refractivity contribution >= 4 is 0 Å². The SMILES string of the molecule is CC(C)OCc1nnc(CO)n1-c1ccccc1. The number of aliphatic hydroxyl groups is 1. The zero-order chi connectivity index (χ0) is 13.0. The van der Waals surface area contributed by atoms with E-state index in [-0.39, 0.29) is 12.7 Å². The predicted octanol–water partition coefficient (Wildman–Crippen LogP) is 1.68. The van der Waals surface area contributed by atoms with Gasteiger partial charge in [-0.3, -0.25) is 4.57 Å². The summed E-state index contributed by atoms with van der Waals surface area (Å²) in [4.78, 5) is 0. The maximum Gasteiger partial charge on any atom is 0.163 e. The molecule has 0 saturated carbocycles. The molecule has 0 saturated heterocycles. The fourth-order valence-electron chi connectivity index (χ4n) is 1.67. The van der Waals surface area contributed by atoms with Crippen LogP contribution < -0.4 is 0 Å². The van der Waals surface area contributed by atoms with E-state index in [2.05, 4.69) is 10.2 Å². The van der Waals surface area contributed by atoms with Crippen LogP contribution in [0, 0.1) is 0 Å². The van der Waals surface area contributed by atoms with Gasteiger partial charge in [-0.15, -0.1) is 10.2 Å². The van der Waals surface area contributed by atoms with Crippen LogP contribution in [0.25, 0.3) is 5.69 Å². The summed E-state index contributed by atoms with van der Waals surface area (Å²) in [6, 6.07) is 9.70. The molecule has 2 rings (SSSR count). The Labute approximate surface area is 106 Å². The van der Waals surface area contributed by atoms with Crippen molar-refractivity contribution in [2.45, 2.75) is 33.2 Å². The van der Waals surface area contributed by atoms with Crippen molar-refractivity contribution in [3.05, 3.63) is 42.0 Å². The molecule has 18 heavy (non-hydrogen) atoms. The molecule has 0 spiro atoms. The number of benzene rings is 1. The van der Waals surface area contributed by atoms with Crippen LogP contribution >= 0.6 is 0 Å². The van der Waals surface area contributed by atoms with E-state index < -0.39 is 0 Å². The van der Waals surface area contributed by atoms with Gasteiger partial charge in [0.05, 0.1) is 6.10 Å². The fraction of sp³-hybridized carbons (Fsp3) is 0.385. The van der Waals surface area contributed by atoms with Gasteiger partial charge in [-0.05, 0) is 26.0 Å². The lowest BCUT2D eigenvalue weighted by atomic mass is 10.3. The minimum atomic E-state index is -0.149. The summed E-state index contributed by atoms with van der Waals surface area (Å²) in [5.74, 6) is 1.21. The van der Waals surface area contributed by atoms with Gasteiger partial charge in [0.2, 0.25) is 0 Å². The predicted molar refractivity (Wildman–Crippen MR) is 67.2 cm³/mol. The van der Waals surface area contributed by atoms with Gasteiger partial charge in [-0.25, -0.2) is 0 Å². The van der Waals surface area contributed by atoms with E-state index >= 15 is 0 Å². The normalized spacial score (nSPS) is 11.1. The second-order valence-electron chi connectivity index (χ2n) is 4.22. The summed E-state index contributed by atoms with van der Waals surface area (Å²) in [5.41, 5.74) is 0.925. The molecule has 0 radical (unpaired) electrons. The Morgan fingerprint density at radius 1 is 1.17 bits per heavy atom. The van der Waals surface area contributed by atoms with E-state index in [4.69, 9.17) is 4.74 Å². The molecule has 5 heteroatoms. The Balaban J connectivity index is 2.34. The zero-order valence-electron chi connectivity index (χ0n) is 10.6. The van der Waals surface area contributed by atoms with Crippen LogP contribution in [0.4, 0.5) is 0 Å². The number of nitrogens with zero attached hydrogens (tertiary/aromatic N) is 3. The van der Waals surface area contributed by atoms with Crippen LogP contribution in [0.1, 0.15) is 25.5 Å². The van der Waals surface area contributed by atoms with Gasteiger partial charge in [0, 0.05) is 5.69 Å². The third-order valence-electron chi connectivity index (χ3n) is 2.50. The largest absolute Gasteiger partial charge is 0.388 e. The first-order chi connectivity index (χ1) is 8.72. The summed E-state index contributed by atoms with van der Waals surface area (Å²) < 4.78 is 7.36. The minimum absolute atomic E-state index is 0.128. The second kappa shape index (κ2) is 5.75. The summed E-state index contributed by atoms with van der Waals surface area (Å²) in [6.45, 7) is 4.16. The summed E-state index contributed by atoms with van der Waals surface area (Å²) in [6.07, 6.45) is 0.128. The van der Waals surface area contributed by atoms with Gasteiger partial charge >= 0.3 is 0 Å². The number of ether oxygens (including phenoxy) is 1. The minimum Gasteiger partial charge on any atom is -0.388 e. The molecule has 0 aliphatic heterocycles. The van der Waals surface area contributed by atoms with Crippen LogP contribution in [0.2, 0.25) is 0 Å². The molecule has 1 N–H and O–H groups in total. The number of aromatic nitrogens is 3. The number of para-hydroxylation sites is 1. The van der Waals surface area contributed by atoms with Crippen molar-refractivity contribution in [3.8, 4) is 5.69 Å². The molecule has 1 aromatic heterocycles. The van der Waals surface area contributed by atoms with Crippen LogP contribution in [-0.2, 0) is 18.0 Å². The van der Waals surface area contributed by atoms with E-state index in [1.54, 1.807) is 0 Å². The molecule has 0 aliphatic carbocycles. The molecule has 96 valence electrons. The fourth-order valence-corrected chi connectivity index (χ4v) is 1.67. The van der Waals surface area contributed by atoms with Gasteiger partial charge < -0.3 is 9.84 Å². The van der Waals surface area contributed by atoms with E-state index in [9.17, 15) is 5.11 Å². The summed E-state index contributed by atoms with van der Waals surface area (Å²) in [7, 11) is 0. The average molecular weight is 247 g/mol. The molecule has 1 heterocycles. The monoisotopic (exact) mass is 247 g/mol. The van der Waals surface area contributed by atoms with Crippen molar-refractivity contribution in [1.29, 1.82) is 0 Å². The molecule has 0 bridgehead atoms. The number of hydrogen-bond donors (Lipinski definition) is 1. The third kappa shape index (κ3) is 2.75. The van der Waals surface area contributed by atoms with E-state index in [0.717, 1.165) is 5.69 Å². The molecular weight excluding hydrogens is 230 g/mol. The lowest BCUT2D eigenvalue weighted by molar-refractivity contribution is 0.0602. The van der Waals surface area contributed by atoms with E-state index in [1.807, 2.05) is 48.7 Å². The van der Waals surface area contributed by atoms with E-state index in [0.29, 0.717) is 18.3 Å². The second-order valence-corrected chi connectivity index (χ2v) is 4.22. The Bertz CT molecular complexity index is 494. The van der Waals surface area contributed by atoms with Crippen molar-refractivity contribution < 1.29 is 9.84 Å². The molecule has 0 amide bonds. The van der Waals surface area contributed by atoms with Gasteiger partial charge in [0.15, 0.2) is 11.6 Å². The summed E-state index contributed by atoms with van der Waals surface area (Å²) in [5, 5.41) is 17.3. The van der Waals surface area contributed by atoms with Crippen molar-refractivity contribution in [2.75, 3.05) is 0 Å². The summed E-state index contributed by atoms with van der Waals surface area (Å²) >= 11 is 0. The highest BCUT2D eigenvalue weighted by Crippen LogP contribution is 2.14. The number of hydrogen-bond acceptors (Lipinski definition) is 4. The first kappa shape index (κ1) is 12.7. The van der Waals surface area contributed by atoms with Gasteiger partial charge in [-0.1, -0.05) is 18.2 Å². The van der Waals surface area contributed by atoms with Crippen molar-refractivity contribution in [3.63, 3.8) is 0 Å². The molecule has 0 fully saturated rings. The van der Waals surface area contributed by atoms with E-state index in [1.165, 1.54) is 0 Å². The molecule has 5 nitrogen and oxygen atoms in total. The topological polar surface area (TPSA) is 60.2 Å². The molecular formula is C13H17N3O2. The lowest BCUT2D eigenvalue weighted by Gasteiger charge is -2.11. The number of rotatable bonds is 5. The standard InChI is InChI=1S/C13H17N3O2/c1-10(2)18-9-13-15-14-12(8-17)16(13)11-6-4-3-5-7-11/h3-7,10,17H,8-9H2,1-2H3. The van der Waals surface area contributed by atoms with Crippen molar-refractivity contribution in [2.24, 2.45) is 0 Å². The lowest BCUT2D eigenvalue weighted by Crippen LogP contribution is -2.09. The first-order valence-corrected chi connectivity index (χ1v) is 5.93. The molecule has 1 aromatic carbocycles. The highest BCUT2D eigenvalue weighted by Gasteiger charge is 2.13. The van der Waals surface area contributed by atoms with Crippen LogP contribution in [0.5, 0.6) is 0 Å². The van der Waals surface area contributed by atoms with Gasteiger partial charge in [0.25, 0.3) is 0 Å². The third-order valence-corrected chi connectivity index (χ3v) is 2.50.